The van der Waals surface area contributed by atoms with E-state index in [-0.39, 0.29) is 5.41 Å². The van der Waals surface area contributed by atoms with Crippen molar-refractivity contribution in [2.24, 2.45) is 5.92 Å². The zero-order valence-corrected chi connectivity index (χ0v) is 18.3. The van der Waals surface area contributed by atoms with Gasteiger partial charge in [-0.3, -0.25) is 0 Å². The number of hydrogen-bond acceptors (Lipinski definition) is 4. The smallest absolute Gasteiger partial charge is 0.161 e. The van der Waals surface area contributed by atoms with Gasteiger partial charge in [-0.1, -0.05) is 26.3 Å². The zero-order chi connectivity index (χ0) is 19.9. The summed E-state index contributed by atoms with van der Waals surface area (Å²) in [6, 6.07) is 7.04. The normalized spacial score (nSPS) is 17.0. The summed E-state index contributed by atoms with van der Waals surface area (Å²) >= 11 is 0. The van der Waals surface area contributed by atoms with Gasteiger partial charge in [-0.25, -0.2) is 0 Å². The van der Waals surface area contributed by atoms with Crippen molar-refractivity contribution in [3.05, 3.63) is 23.8 Å². The molecule has 154 valence electrons. The van der Waals surface area contributed by atoms with Crippen molar-refractivity contribution in [2.45, 2.75) is 63.8 Å². The lowest BCUT2D eigenvalue weighted by molar-refractivity contribution is 0.150. The molecule has 2 rings (SSSR count). The van der Waals surface area contributed by atoms with Gasteiger partial charge >= 0.3 is 0 Å². The van der Waals surface area contributed by atoms with Crippen molar-refractivity contribution in [1.29, 1.82) is 0 Å². The minimum atomic E-state index is 0.228. The number of unbranched alkanes of at least 4 members (excludes halogenated alkanes) is 1. The van der Waals surface area contributed by atoms with Gasteiger partial charge in [0.05, 0.1) is 14.2 Å². The number of nitrogens with one attached hydrogen (secondary N) is 1. The summed E-state index contributed by atoms with van der Waals surface area (Å²) in [5.41, 5.74) is 1.63. The van der Waals surface area contributed by atoms with Crippen LogP contribution in [0.2, 0.25) is 0 Å². The minimum absolute atomic E-state index is 0.228. The summed E-state index contributed by atoms with van der Waals surface area (Å²) in [6.07, 6.45) is 7.51. The van der Waals surface area contributed by atoms with E-state index in [2.05, 4.69) is 56.4 Å². The Labute approximate surface area is 166 Å². The quantitative estimate of drug-likeness (QED) is 0.546. The average molecular weight is 377 g/mol. The van der Waals surface area contributed by atoms with Crippen LogP contribution >= 0.6 is 0 Å². The van der Waals surface area contributed by atoms with E-state index in [0.717, 1.165) is 24.6 Å². The summed E-state index contributed by atoms with van der Waals surface area (Å²) < 4.78 is 11.0. The van der Waals surface area contributed by atoms with Crippen LogP contribution in [0.5, 0.6) is 11.5 Å². The summed E-state index contributed by atoms with van der Waals surface area (Å²) in [5.74, 6) is 2.34. The first-order valence-corrected chi connectivity index (χ1v) is 10.5. The second-order valence-electron chi connectivity index (χ2n) is 8.73. The third-order valence-corrected chi connectivity index (χ3v) is 6.00. The second kappa shape index (κ2) is 10.3. The molecule has 4 heteroatoms. The Morgan fingerprint density at radius 2 is 1.78 bits per heavy atom. The van der Waals surface area contributed by atoms with Gasteiger partial charge in [-0.15, -0.1) is 0 Å². The lowest BCUT2D eigenvalue weighted by Crippen LogP contribution is -2.53. The molecule has 0 aliphatic heterocycles. The molecule has 1 N–H and O–H groups in total. The molecular weight excluding hydrogens is 336 g/mol. The van der Waals surface area contributed by atoms with Crippen LogP contribution in [0.1, 0.15) is 57.9 Å². The summed E-state index contributed by atoms with van der Waals surface area (Å²) in [4.78, 5) is 2.27. The highest BCUT2D eigenvalue weighted by Gasteiger charge is 2.45. The molecule has 1 aliphatic carbocycles. The zero-order valence-electron chi connectivity index (χ0n) is 18.3. The number of nitrogens with zero attached hydrogens (tertiary/aromatic N) is 1. The predicted octanol–water partition coefficient (Wildman–Crippen LogP) is 4.47. The Kier molecular flexibility index (Phi) is 8.43. The van der Waals surface area contributed by atoms with Gasteiger partial charge in [0.2, 0.25) is 0 Å². The molecule has 0 saturated heterocycles. The van der Waals surface area contributed by atoms with E-state index in [4.69, 9.17) is 9.47 Å². The van der Waals surface area contributed by atoms with E-state index in [1.165, 1.54) is 44.1 Å². The van der Waals surface area contributed by atoms with Crippen LogP contribution in [0.15, 0.2) is 18.2 Å². The molecule has 0 amide bonds. The number of ether oxygens (including phenoxy) is 2. The van der Waals surface area contributed by atoms with E-state index >= 15 is 0 Å². The largest absolute Gasteiger partial charge is 0.493 e. The number of rotatable bonds is 12. The molecule has 0 aromatic heterocycles. The van der Waals surface area contributed by atoms with Crippen LogP contribution in [0.3, 0.4) is 0 Å². The molecule has 0 spiro atoms. The maximum atomic E-state index is 5.59. The third kappa shape index (κ3) is 5.61. The molecular formula is C23H40N2O2. The molecule has 1 fully saturated rings. The van der Waals surface area contributed by atoms with Gasteiger partial charge in [-0.05, 0) is 82.9 Å². The third-order valence-electron chi connectivity index (χ3n) is 6.00. The van der Waals surface area contributed by atoms with Crippen molar-refractivity contribution in [3.8, 4) is 11.5 Å². The Balaban J connectivity index is 2.15. The van der Waals surface area contributed by atoms with Gasteiger partial charge in [-0.2, -0.15) is 0 Å². The Bertz CT molecular complexity index is 567. The van der Waals surface area contributed by atoms with Gasteiger partial charge in [0.25, 0.3) is 0 Å². The lowest BCUT2D eigenvalue weighted by Gasteiger charge is -2.49. The molecule has 1 unspecified atom stereocenters. The molecule has 1 aliphatic rings. The average Bonchev–Trinajstić information content (AvgIpc) is 2.59. The highest BCUT2D eigenvalue weighted by Crippen LogP contribution is 2.49. The van der Waals surface area contributed by atoms with Crippen molar-refractivity contribution in [3.63, 3.8) is 0 Å². The molecule has 0 radical (unpaired) electrons. The molecule has 1 saturated carbocycles. The van der Waals surface area contributed by atoms with Crippen LogP contribution < -0.4 is 14.8 Å². The van der Waals surface area contributed by atoms with E-state index in [1.807, 2.05) is 0 Å². The van der Waals surface area contributed by atoms with Gasteiger partial charge in [0.1, 0.15) is 0 Å². The molecule has 27 heavy (non-hydrogen) atoms. The highest BCUT2D eigenvalue weighted by molar-refractivity contribution is 5.46. The number of methoxy groups -OCH3 is 2. The Morgan fingerprint density at radius 3 is 2.30 bits per heavy atom. The molecule has 0 heterocycles. The van der Waals surface area contributed by atoms with E-state index in [1.54, 1.807) is 14.2 Å². The monoisotopic (exact) mass is 376 g/mol. The fourth-order valence-electron chi connectivity index (χ4n) is 4.35. The SMILES string of the molecule is COc1ccc(C2(C(CC(C)C)NCCCCN(C)C)CCC2)cc1OC. The van der Waals surface area contributed by atoms with E-state index in [9.17, 15) is 0 Å². The van der Waals surface area contributed by atoms with Gasteiger partial charge < -0.3 is 19.7 Å². The summed E-state index contributed by atoms with van der Waals surface area (Å²) in [5, 5.41) is 3.94. The van der Waals surface area contributed by atoms with Gasteiger partial charge in [0.15, 0.2) is 11.5 Å². The van der Waals surface area contributed by atoms with Crippen LogP contribution in [0, 0.1) is 5.92 Å². The molecule has 1 atom stereocenters. The standard InChI is InChI=1S/C23H40N2O2/c1-18(2)16-22(24-14-7-8-15-25(3)4)23(12-9-13-23)19-10-11-20(26-5)21(17-19)27-6/h10-11,17-18,22,24H,7-9,12-16H2,1-6H3. The van der Waals surface area contributed by atoms with Crippen LogP contribution in [0.4, 0.5) is 0 Å². The van der Waals surface area contributed by atoms with Crippen molar-refractivity contribution >= 4 is 0 Å². The van der Waals surface area contributed by atoms with E-state index < -0.39 is 0 Å². The fourth-order valence-corrected chi connectivity index (χ4v) is 4.35. The second-order valence-corrected chi connectivity index (χ2v) is 8.73. The Hall–Kier alpha value is -1.26. The van der Waals surface area contributed by atoms with Crippen LogP contribution in [-0.4, -0.2) is 52.3 Å². The van der Waals surface area contributed by atoms with Crippen molar-refractivity contribution in [2.75, 3.05) is 41.4 Å². The highest BCUT2D eigenvalue weighted by atomic mass is 16.5. The lowest BCUT2D eigenvalue weighted by atomic mass is 9.58. The molecule has 1 aromatic carbocycles. The molecule has 0 bridgehead atoms. The van der Waals surface area contributed by atoms with Crippen LogP contribution in [-0.2, 0) is 5.41 Å². The minimum Gasteiger partial charge on any atom is -0.493 e. The first-order valence-electron chi connectivity index (χ1n) is 10.5. The number of benzene rings is 1. The molecule has 1 aromatic rings. The summed E-state index contributed by atoms with van der Waals surface area (Å²) in [7, 11) is 7.72. The van der Waals surface area contributed by atoms with Gasteiger partial charge in [0, 0.05) is 11.5 Å². The predicted molar refractivity (Wildman–Crippen MR) is 114 cm³/mol. The Morgan fingerprint density at radius 1 is 1.07 bits per heavy atom. The first-order chi connectivity index (χ1) is 12.9. The maximum Gasteiger partial charge on any atom is 0.161 e. The topological polar surface area (TPSA) is 33.7 Å². The summed E-state index contributed by atoms with van der Waals surface area (Å²) in [6.45, 7) is 6.93. The van der Waals surface area contributed by atoms with Crippen LogP contribution in [0.25, 0.3) is 0 Å². The fraction of sp³-hybridized carbons (Fsp3) is 0.739. The van der Waals surface area contributed by atoms with Crippen molar-refractivity contribution < 1.29 is 9.47 Å². The van der Waals surface area contributed by atoms with E-state index in [0.29, 0.717) is 12.0 Å². The molecule has 4 nitrogen and oxygen atoms in total. The maximum absolute atomic E-state index is 5.59. The number of hydrogen-bond donors (Lipinski definition) is 1. The van der Waals surface area contributed by atoms with Crippen molar-refractivity contribution in [1.82, 2.24) is 10.2 Å². The first kappa shape index (κ1) is 22.0.